The highest BCUT2D eigenvalue weighted by atomic mass is 16.3. The molecule has 15 heavy (non-hydrogen) atoms. The Kier molecular flexibility index (Phi) is 4.00. The molecule has 0 aromatic carbocycles. The van der Waals surface area contributed by atoms with Crippen molar-refractivity contribution in [2.45, 2.75) is 32.2 Å². The fourth-order valence-corrected chi connectivity index (χ4v) is 3.08. The fraction of sp³-hybridized carbons (Fsp3) is 1.00. The topological polar surface area (TPSA) is 35.5 Å². The number of nitrogens with one attached hydrogen (secondary N) is 1. The third-order valence-electron chi connectivity index (χ3n) is 4.02. The van der Waals surface area contributed by atoms with Gasteiger partial charge in [0.1, 0.15) is 0 Å². The molecule has 0 saturated carbocycles. The molecular weight excluding hydrogens is 188 g/mol. The van der Waals surface area contributed by atoms with E-state index in [1.807, 2.05) is 0 Å². The van der Waals surface area contributed by atoms with Crippen molar-refractivity contribution in [2.24, 2.45) is 11.8 Å². The minimum Gasteiger partial charge on any atom is -0.395 e. The Hall–Kier alpha value is -0.120. The molecule has 2 heterocycles. The summed E-state index contributed by atoms with van der Waals surface area (Å²) in [6, 6.07) is 0.374. The van der Waals surface area contributed by atoms with E-state index in [1.165, 1.54) is 38.9 Å². The normalized spacial score (nSPS) is 37.6. The van der Waals surface area contributed by atoms with E-state index in [0.29, 0.717) is 12.6 Å². The minimum atomic E-state index is 0.308. The molecule has 0 radical (unpaired) electrons. The zero-order valence-corrected chi connectivity index (χ0v) is 9.78. The molecule has 0 aromatic rings. The molecule has 2 aliphatic rings. The van der Waals surface area contributed by atoms with Gasteiger partial charge in [-0.25, -0.2) is 0 Å². The Bertz CT molecular complexity index is 178. The predicted molar refractivity (Wildman–Crippen MR) is 61.8 cm³/mol. The number of hydrogen-bond acceptors (Lipinski definition) is 3. The molecule has 88 valence electrons. The lowest BCUT2D eigenvalue weighted by Gasteiger charge is -2.16. The van der Waals surface area contributed by atoms with Gasteiger partial charge in [0, 0.05) is 12.6 Å². The van der Waals surface area contributed by atoms with Crippen molar-refractivity contribution in [3.63, 3.8) is 0 Å². The van der Waals surface area contributed by atoms with Crippen LogP contribution in [0.25, 0.3) is 0 Å². The van der Waals surface area contributed by atoms with Crippen LogP contribution in [-0.2, 0) is 0 Å². The van der Waals surface area contributed by atoms with Crippen molar-refractivity contribution in [1.82, 2.24) is 10.2 Å². The standard InChI is InChI=1S/C12H24N2O/c1-2-14-4-3-10(8-14)5-11-6-12(9-15)13-7-11/h10-13,15H,2-9H2,1H3. The van der Waals surface area contributed by atoms with Crippen LogP contribution in [0.3, 0.4) is 0 Å². The monoisotopic (exact) mass is 212 g/mol. The Labute approximate surface area is 92.8 Å². The Morgan fingerprint density at radius 3 is 2.87 bits per heavy atom. The van der Waals surface area contributed by atoms with E-state index in [-0.39, 0.29) is 0 Å². The number of rotatable bonds is 4. The van der Waals surface area contributed by atoms with E-state index in [0.717, 1.165) is 18.4 Å². The van der Waals surface area contributed by atoms with Gasteiger partial charge in [-0.15, -0.1) is 0 Å². The summed E-state index contributed by atoms with van der Waals surface area (Å²) in [4.78, 5) is 2.55. The molecule has 0 amide bonds. The number of aliphatic hydroxyl groups is 1. The van der Waals surface area contributed by atoms with E-state index < -0.39 is 0 Å². The highest BCUT2D eigenvalue weighted by Crippen LogP contribution is 2.27. The summed E-state index contributed by atoms with van der Waals surface area (Å²) in [5.41, 5.74) is 0. The number of likely N-dealkylation sites (tertiary alicyclic amines) is 1. The maximum Gasteiger partial charge on any atom is 0.0584 e. The first-order valence-electron chi connectivity index (χ1n) is 6.38. The van der Waals surface area contributed by atoms with E-state index in [2.05, 4.69) is 17.1 Å². The van der Waals surface area contributed by atoms with Gasteiger partial charge in [0.25, 0.3) is 0 Å². The molecule has 0 spiro atoms. The molecule has 3 nitrogen and oxygen atoms in total. The van der Waals surface area contributed by atoms with Crippen molar-refractivity contribution < 1.29 is 5.11 Å². The summed E-state index contributed by atoms with van der Waals surface area (Å²) in [5, 5.41) is 12.4. The highest BCUT2D eigenvalue weighted by Gasteiger charge is 2.28. The fourth-order valence-electron chi connectivity index (χ4n) is 3.08. The first-order valence-corrected chi connectivity index (χ1v) is 6.38. The van der Waals surface area contributed by atoms with Crippen molar-refractivity contribution in [2.75, 3.05) is 32.8 Å². The summed E-state index contributed by atoms with van der Waals surface area (Å²) in [5.74, 6) is 1.72. The lowest BCUT2D eigenvalue weighted by atomic mass is 9.92. The van der Waals surface area contributed by atoms with Gasteiger partial charge in [-0.2, -0.15) is 0 Å². The quantitative estimate of drug-likeness (QED) is 0.719. The van der Waals surface area contributed by atoms with Gasteiger partial charge in [-0.3, -0.25) is 0 Å². The minimum absolute atomic E-state index is 0.308. The van der Waals surface area contributed by atoms with Crippen molar-refractivity contribution in [1.29, 1.82) is 0 Å². The molecule has 2 saturated heterocycles. The van der Waals surface area contributed by atoms with Crippen LogP contribution in [0.2, 0.25) is 0 Å². The molecule has 2 aliphatic heterocycles. The lowest BCUT2D eigenvalue weighted by Crippen LogP contribution is -2.24. The second-order valence-corrected chi connectivity index (χ2v) is 5.17. The van der Waals surface area contributed by atoms with Crippen LogP contribution in [0.4, 0.5) is 0 Å². The van der Waals surface area contributed by atoms with Crippen molar-refractivity contribution in [3.8, 4) is 0 Å². The van der Waals surface area contributed by atoms with Gasteiger partial charge in [0.2, 0.25) is 0 Å². The zero-order chi connectivity index (χ0) is 10.7. The van der Waals surface area contributed by atoms with Gasteiger partial charge in [-0.05, 0) is 50.7 Å². The lowest BCUT2D eigenvalue weighted by molar-refractivity contribution is 0.250. The average molecular weight is 212 g/mol. The van der Waals surface area contributed by atoms with Gasteiger partial charge in [0.05, 0.1) is 6.61 Å². The van der Waals surface area contributed by atoms with Crippen LogP contribution in [-0.4, -0.2) is 48.8 Å². The summed E-state index contributed by atoms with van der Waals surface area (Å²) in [7, 11) is 0. The molecule has 2 N–H and O–H groups in total. The average Bonchev–Trinajstić information content (AvgIpc) is 2.87. The van der Waals surface area contributed by atoms with Gasteiger partial charge in [-0.1, -0.05) is 6.92 Å². The molecule has 3 atom stereocenters. The second-order valence-electron chi connectivity index (χ2n) is 5.17. The number of nitrogens with zero attached hydrogens (tertiary/aromatic N) is 1. The Balaban J connectivity index is 1.70. The van der Waals surface area contributed by atoms with Crippen molar-refractivity contribution >= 4 is 0 Å². The van der Waals surface area contributed by atoms with Crippen LogP contribution >= 0.6 is 0 Å². The molecule has 2 fully saturated rings. The summed E-state index contributed by atoms with van der Waals surface area (Å²) in [6.45, 7) is 7.48. The molecular formula is C12H24N2O. The van der Waals surface area contributed by atoms with Gasteiger partial charge in [0.15, 0.2) is 0 Å². The molecule has 3 heteroatoms. The van der Waals surface area contributed by atoms with Crippen LogP contribution in [0, 0.1) is 11.8 Å². The molecule has 2 rings (SSSR count). The summed E-state index contributed by atoms with van der Waals surface area (Å²) < 4.78 is 0. The van der Waals surface area contributed by atoms with Crippen LogP contribution in [0.15, 0.2) is 0 Å². The molecule has 0 aromatic heterocycles. The molecule has 0 aliphatic carbocycles. The van der Waals surface area contributed by atoms with E-state index in [1.54, 1.807) is 0 Å². The van der Waals surface area contributed by atoms with Gasteiger partial charge < -0.3 is 15.3 Å². The maximum absolute atomic E-state index is 9.05. The third kappa shape index (κ3) is 2.92. The van der Waals surface area contributed by atoms with Gasteiger partial charge >= 0.3 is 0 Å². The first-order chi connectivity index (χ1) is 7.31. The smallest absolute Gasteiger partial charge is 0.0584 e. The van der Waals surface area contributed by atoms with Crippen LogP contribution in [0.5, 0.6) is 0 Å². The van der Waals surface area contributed by atoms with E-state index >= 15 is 0 Å². The Morgan fingerprint density at radius 1 is 1.40 bits per heavy atom. The van der Waals surface area contributed by atoms with Crippen LogP contribution in [0.1, 0.15) is 26.2 Å². The maximum atomic E-state index is 9.05. The van der Waals surface area contributed by atoms with Crippen LogP contribution < -0.4 is 5.32 Å². The number of aliphatic hydroxyl groups excluding tert-OH is 1. The molecule has 3 unspecified atom stereocenters. The molecule has 0 bridgehead atoms. The third-order valence-corrected chi connectivity index (χ3v) is 4.02. The SMILES string of the molecule is CCN1CCC(CC2CNC(CO)C2)C1. The first kappa shape index (κ1) is 11.4. The summed E-state index contributed by atoms with van der Waals surface area (Å²) >= 11 is 0. The largest absolute Gasteiger partial charge is 0.395 e. The Morgan fingerprint density at radius 2 is 2.27 bits per heavy atom. The zero-order valence-electron chi connectivity index (χ0n) is 9.78. The van der Waals surface area contributed by atoms with Crippen molar-refractivity contribution in [3.05, 3.63) is 0 Å². The van der Waals surface area contributed by atoms with E-state index in [4.69, 9.17) is 5.11 Å². The summed E-state index contributed by atoms with van der Waals surface area (Å²) in [6.07, 6.45) is 3.92. The second kappa shape index (κ2) is 5.28. The highest BCUT2D eigenvalue weighted by molar-refractivity contribution is 4.85. The number of hydrogen-bond donors (Lipinski definition) is 2. The van der Waals surface area contributed by atoms with E-state index in [9.17, 15) is 0 Å². The predicted octanol–water partition coefficient (Wildman–Crippen LogP) is 0.689.